The summed E-state index contributed by atoms with van der Waals surface area (Å²) in [7, 11) is 0. The molecular weight excluding hydrogens is 355 g/mol. The Bertz CT molecular complexity index is 790. The van der Waals surface area contributed by atoms with Crippen molar-refractivity contribution in [2.45, 2.75) is 26.4 Å². The van der Waals surface area contributed by atoms with Crippen LogP contribution in [0.15, 0.2) is 34.9 Å². The van der Waals surface area contributed by atoms with Crippen LogP contribution in [0.1, 0.15) is 36.1 Å². The summed E-state index contributed by atoms with van der Waals surface area (Å²) >= 11 is 0. The lowest BCUT2D eigenvalue weighted by molar-refractivity contribution is -0.149. The van der Waals surface area contributed by atoms with Crippen molar-refractivity contribution in [1.82, 2.24) is 9.88 Å². The smallest absolute Gasteiger partial charge is 0.310 e. The average molecular weight is 376 g/mol. The van der Waals surface area contributed by atoms with Crippen molar-refractivity contribution in [2.75, 3.05) is 19.7 Å². The van der Waals surface area contributed by atoms with E-state index in [2.05, 4.69) is 4.98 Å². The van der Waals surface area contributed by atoms with Gasteiger partial charge < -0.3 is 18.8 Å². The molecule has 1 saturated heterocycles. The average Bonchev–Trinajstić information content (AvgIpc) is 3.16. The van der Waals surface area contributed by atoms with Gasteiger partial charge in [0.2, 0.25) is 5.89 Å². The summed E-state index contributed by atoms with van der Waals surface area (Å²) in [6.07, 6.45) is 2.71. The van der Waals surface area contributed by atoms with Crippen LogP contribution >= 0.6 is 0 Å². The molecule has 2 heterocycles. The zero-order valence-corrected chi connectivity index (χ0v) is 15.0. The van der Waals surface area contributed by atoms with E-state index in [1.54, 1.807) is 11.8 Å². The summed E-state index contributed by atoms with van der Waals surface area (Å²) in [6, 6.07) is 5.56. The third-order valence-electron chi connectivity index (χ3n) is 4.28. The minimum atomic E-state index is -0.353. The molecule has 144 valence electrons. The molecule has 1 aromatic heterocycles. The van der Waals surface area contributed by atoms with Crippen LogP contribution in [0.5, 0.6) is 5.75 Å². The quantitative estimate of drug-likeness (QED) is 0.721. The highest BCUT2D eigenvalue weighted by Crippen LogP contribution is 2.20. The van der Waals surface area contributed by atoms with Crippen LogP contribution < -0.4 is 4.74 Å². The van der Waals surface area contributed by atoms with Gasteiger partial charge in [-0.1, -0.05) is 0 Å². The molecule has 8 heteroatoms. The monoisotopic (exact) mass is 376 g/mol. The van der Waals surface area contributed by atoms with Crippen molar-refractivity contribution in [1.29, 1.82) is 0 Å². The first-order valence-electron chi connectivity index (χ1n) is 8.85. The third kappa shape index (κ3) is 4.84. The predicted molar refractivity (Wildman–Crippen MR) is 92.5 cm³/mol. The van der Waals surface area contributed by atoms with Crippen LogP contribution in [0.3, 0.4) is 0 Å². The van der Waals surface area contributed by atoms with Crippen LogP contribution in [0.2, 0.25) is 0 Å². The molecule has 0 spiro atoms. The van der Waals surface area contributed by atoms with E-state index in [0.29, 0.717) is 31.9 Å². The molecule has 1 atom stereocenters. The van der Waals surface area contributed by atoms with Crippen LogP contribution in [-0.2, 0) is 16.1 Å². The van der Waals surface area contributed by atoms with Gasteiger partial charge in [0.15, 0.2) is 12.3 Å². The first kappa shape index (κ1) is 18.9. The number of hydrogen-bond donors (Lipinski definition) is 0. The summed E-state index contributed by atoms with van der Waals surface area (Å²) in [5, 5.41) is 0. The van der Waals surface area contributed by atoms with Gasteiger partial charge in [-0.3, -0.25) is 9.59 Å². The fraction of sp³-hybridized carbons (Fsp3) is 0.421. The molecule has 0 saturated carbocycles. The van der Waals surface area contributed by atoms with Gasteiger partial charge in [0.25, 0.3) is 5.91 Å². The Labute approximate surface area is 156 Å². The van der Waals surface area contributed by atoms with Gasteiger partial charge in [-0.25, -0.2) is 9.37 Å². The summed E-state index contributed by atoms with van der Waals surface area (Å²) < 4.78 is 28.7. The number of benzene rings is 1. The maximum atomic E-state index is 12.9. The van der Waals surface area contributed by atoms with Crippen molar-refractivity contribution in [3.05, 3.63) is 47.9 Å². The minimum absolute atomic E-state index is 0.0182. The highest BCUT2D eigenvalue weighted by atomic mass is 19.1. The fourth-order valence-electron chi connectivity index (χ4n) is 2.93. The summed E-state index contributed by atoms with van der Waals surface area (Å²) in [5.74, 6) is -0.522. The third-order valence-corrected chi connectivity index (χ3v) is 4.28. The second kappa shape index (κ2) is 8.66. The van der Waals surface area contributed by atoms with Gasteiger partial charge in [0.1, 0.15) is 17.8 Å². The van der Waals surface area contributed by atoms with E-state index in [1.165, 1.54) is 30.5 Å². The lowest BCUT2D eigenvalue weighted by Crippen LogP contribution is -2.43. The first-order chi connectivity index (χ1) is 13.1. The SMILES string of the molecule is CCOC(=O)[C@H]1CCCN(C(=O)c2coc(COc3ccc(F)cc3)n2)C1. The van der Waals surface area contributed by atoms with Crippen molar-refractivity contribution >= 4 is 11.9 Å². The van der Waals surface area contributed by atoms with Gasteiger partial charge in [0, 0.05) is 13.1 Å². The van der Waals surface area contributed by atoms with E-state index in [4.69, 9.17) is 13.9 Å². The number of halogens is 1. The molecule has 7 nitrogen and oxygen atoms in total. The van der Waals surface area contributed by atoms with E-state index in [9.17, 15) is 14.0 Å². The van der Waals surface area contributed by atoms with E-state index in [0.717, 1.165) is 6.42 Å². The van der Waals surface area contributed by atoms with E-state index in [1.807, 2.05) is 0 Å². The number of esters is 1. The number of amides is 1. The molecule has 1 aliphatic heterocycles. The number of aromatic nitrogens is 1. The highest BCUT2D eigenvalue weighted by molar-refractivity contribution is 5.92. The molecule has 1 aromatic carbocycles. The molecule has 0 unspecified atom stereocenters. The van der Waals surface area contributed by atoms with Crippen LogP contribution in [-0.4, -0.2) is 41.5 Å². The molecule has 1 aliphatic rings. The Hall–Kier alpha value is -2.90. The van der Waals surface area contributed by atoms with Crippen molar-refractivity contribution in [3.8, 4) is 5.75 Å². The number of hydrogen-bond acceptors (Lipinski definition) is 6. The Morgan fingerprint density at radius 1 is 1.33 bits per heavy atom. The molecule has 0 aliphatic carbocycles. The van der Waals surface area contributed by atoms with Crippen LogP contribution in [0.25, 0.3) is 0 Å². The molecule has 1 amide bonds. The second-order valence-electron chi connectivity index (χ2n) is 6.21. The zero-order chi connectivity index (χ0) is 19.2. The number of carbonyl (C=O) groups is 2. The van der Waals surface area contributed by atoms with Gasteiger partial charge in [0.05, 0.1) is 12.5 Å². The maximum absolute atomic E-state index is 12.9. The first-order valence-corrected chi connectivity index (χ1v) is 8.85. The Kier molecular flexibility index (Phi) is 6.05. The number of oxazole rings is 1. The summed E-state index contributed by atoms with van der Waals surface area (Å²) in [5.41, 5.74) is 0.164. The van der Waals surface area contributed by atoms with Gasteiger partial charge in [-0.2, -0.15) is 0 Å². The highest BCUT2D eigenvalue weighted by Gasteiger charge is 2.30. The normalized spacial score (nSPS) is 16.8. The standard InChI is InChI=1S/C19H21FN2O5/c1-2-25-19(24)13-4-3-9-22(10-13)18(23)16-11-27-17(21-16)12-26-15-7-5-14(20)6-8-15/h5-8,11,13H,2-4,9-10,12H2,1H3/t13-/m0/s1. The molecule has 0 N–H and O–H groups in total. The van der Waals surface area contributed by atoms with Gasteiger partial charge >= 0.3 is 5.97 Å². The van der Waals surface area contributed by atoms with E-state index < -0.39 is 0 Å². The lowest BCUT2D eigenvalue weighted by atomic mass is 9.98. The fourth-order valence-corrected chi connectivity index (χ4v) is 2.93. The number of nitrogens with zero attached hydrogens (tertiary/aromatic N) is 2. The molecule has 3 rings (SSSR count). The van der Waals surface area contributed by atoms with Gasteiger partial charge in [-0.15, -0.1) is 0 Å². The molecule has 0 radical (unpaired) electrons. The number of rotatable bonds is 6. The lowest BCUT2D eigenvalue weighted by Gasteiger charge is -2.30. The van der Waals surface area contributed by atoms with Crippen molar-refractivity contribution in [2.24, 2.45) is 5.92 Å². The van der Waals surface area contributed by atoms with E-state index >= 15 is 0 Å². The number of carbonyl (C=O) groups excluding carboxylic acids is 2. The van der Waals surface area contributed by atoms with Gasteiger partial charge in [-0.05, 0) is 44.0 Å². The Balaban J connectivity index is 1.57. The van der Waals surface area contributed by atoms with E-state index in [-0.39, 0.29) is 41.8 Å². The largest absolute Gasteiger partial charge is 0.484 e. The molecule has 27 heavy (non-hydrogen) atoms. The second-order valence-corrected chi connectivity index (χ2v) is 6.21. The van der Waals surface area contributed by atoms with Crippen molar-refractivity contribution < 1.29 is 27.9 Å². The van der Waals surface area contributed by atoms with Crippen LogP contribution in [0.4, 0.5) is 4.39 Å². The molecule has 0 bridgehead atoms. The molecular formula is C19H21FN2O5. The molecule has 2 aromatic rings. The predicted octanol–water partition coefficient (Wildman–Crippen LogP) is 2.81. The van der Waals surface area contributed by atoms with Crippen molar-refractivity contribution in [3.63, 3.8) is 0 Å². The molecule has 1 fully saturated rings. The zero-order valence-electron chi connectivity index (χ0n) is 15.0. The number of ether oxygens (including phenoxy) is 2. The topological polar surface area (TPSA) is 81.9 Å². The number of piperidine rings is 1. The minimum Gasteiger partial charge on any atom is -0.484 e. The summed E-state index contributed by atoms with van der Waals surface area (Å²) in [6.45, 7) is 2.97. The Morgan fingerprint density at radius 2 is 2.11 bits per heavy atom. The maximum Gasteiger partial charge on any atom is 0.310 e. The summed E-state index contributed by atoms with van der Waals surface area (Å²) in [4.78, 5) is 30.3. The number of likely N-dealkylation sites (tertiary alicyclic amines) is 1. The Morgan fingerprint density at radius 3 is 2.85 bits per heavy atom. The van der Waals surface area contributed by atoms with Crippen LogP contribution in [0, 0.1) is 11.7 Å².